The lowest BCUT2D eigenvalue weighted by molar-refractivity contribution is -0.125. The molecule has 1 unspecified atom stereocenters. The molecule has 7 heteroatoms. The molecule has 0 aliphatic heterocycles. The summed E-state index contributed by atoms with van der Waals surface area (Å²) in [6.45, 7) is 3.99. The predicted molar refractivity (Wildman–Crippen MR) is 83.6 cm³/mol. The summed E-state index contributed by atoms with van der Waals surface area (Å²) >= 11 is 0. The van der Waals surface area contributed by atoms with E-state index in [1.807, 2.05) is 38.1 Å². The Labute approximate surface area is 130 Å². The van der Waals surface area contributed by atoms with Crippen LogP contribution in [0.2, 0.25) is 0 Å². The van der Waals surface area contributed by atoms with Crippen molar-refractivity contribution in [1.29, 1.82) is 0 Å². The molecule has 21 heavy (non-hydrogen) atoms. The molecule has 0 heterocycles. The van der Waals surface area contributed by atoms with Crippen LogP contribution in [0.25, 0.3) is 0 Å². The molecule has 1 atom stereocenters. The third-order valence-electron chi connectivity index (χ3n) is 2.64. The highest BCUT2D eigenvalue weighted by molar-refractivity contribution is 5.85. The van der Waals surface area contributed by atoms with Crippen LogP contribution >= 0.6 is 12.4 Å². The van der Waals surface area contributed by atoms with E-state index in [9.17, 15) is 9.59 Å². The zero-order chi connectivity index (χ0) is 15.0. The van der Waals surface area contributed by atoms with Gasteiger partial charge in [0.1, 0.15) is 11.9 Å². The van der Waals surface area contributed by atoms with Crippen molar-refractivity contribution in [2.24, 2.45) is 5.73 Å². The van der Waals surface area contributed by atoms with Crippen molar-refractivity contribution < 1.29 is 14.3 Å². The number of halogens is 1. The largest absolute Gasteiger partial charge is 0.489 e. The number of benzene rings is 1. The SMILES string of the molecule is Cc1ccccc1OC(C)CNC(=O)CNC(=O)CN.Cl. The maximum absolute atomic E-state index is 11.5. The summed E-state index contributed by atoms with van der Waals surface area (Å²) in [5.41, 5.74) is 6.16. The Bertz CT molecular complexity index is 469. The lowest BCUT2D eigenvalue weighted by Gasteiger charge is -2.17. The highest BCUT2D eigenvalue weighted by Gasteiger charge is 2.09. The van der Waals surface area contributed by atoms with E-state index in [2.05, 4.69) is 10.6 Å². The summed E-state index contributed by atoms with van der Waals surface area (Å²) < 4.78 is 5.72. The molecule has 1 aromatic carbocycles. The molecule has 0 aliphatic rings. The van der Waals surface area contributed by atoms with Crippen molar-refractivity contribution >= 4 is 24.2 Å². The van der Waals surface area contributed by atoms with Gasteiger partial charge in [0.25, 0.3) is 0 Å². The number of nitrogens with one attached hydrogen (secondary N) is 2. The van der Waals surface area contributed by atoms with Gasteiger partial charge in [-0.2, -0.15) is 0 Å². The van der Waals surface area contributed by atoms with Gasteiger partial charge in [0, 0.05) is 0 Å². The van der Waals surface area contributed by atoms with Crippen molar-refractivity contribution in [2.45, 2.75) is 20.0 Å². The number of para-hydroxylation sites is 1. The number of aryl methyl sites for hydroxylation is 1. The number of ether oxygens (including phenoxy) is 1. The predicted octanol–water partition coefficient (Wildman–Crippen LogP) is 0.375. The molecule has 0 radical (unpaired) electrons. The lowest BCUT2D eigenvalue weighted by Crippen LogP contribution is -2.42. The van der Waals surface area contributed by atoms with Crippen LogP contribution in [-0.4, -0.2) is 37.6 Å². The van der Waals surface area contributed by atoms with Gasteiger partial charge in [-0.3, -0.25) is 9.59 Å². The van der Waals surface area contributed by atoms with Gasteiger partial charge in [0.2, 0.25) is 11.8 Å². The van der Waals surface area contributed by atoms with Crippen LogP contribution in [0.4, 0.5) is 0 Å². The number of hydrogen-bond acceptors (Lipinski definition) is 4. The topological polar surface area (TPSA) is 93.5 Å². The van der Waals surface area contributed by atoms with E-state index in [1.54, 1.807) is 0 Å². The summed E-state index contributed by atoms with van der Waals surface area (Å²) in [6, 6.07) is 7.68. The second-order valence-electron chi connectivity index (χ2n) is 4.48. The maximum Gasteiger partial charge on any atom is 0.239 e. The number of rotatable bonds is 7. The van der Waals surface area contributed by atoms with E-state index < -0.39 is 0 Å². The molecule has 0 bridgehead atoms. The Hall–Kier alpha value is -1.79. The smallest absolute Gasteiger partial charge is 0.239 e. The van der Waals surface area contributed by atoms with Gasteiger partial charge in [-0.15, -0.1) is 12.4 Å². The fourth-order valence-corrected chi connectivity index (χ4v) is 1.52. The fourth-order valence-electron chi connectivity index (χ4n) is 1.52. The average Bonchev–Trinajstić information content (AvgIpc) is 2.45. The summed E-state index contributed by atoms with van der Waals surface area (Å²) in [7, 11) is 0. The van der Waals surface area contributed by atoms with Crippen LogP contribution < -0.4 is 21.1 Å². The van der Waals surface area contributed by atoms with E-state index >= 15 is 0 Å². The molecule has 4 N–H and O–H groups in total. The summed E-state index contributed by atoms with van der Waals surface area (Å²) in [6.07, 6.45) is -0.162. The standard InChI is InChI=1S/C14H21N3O3.ClH/c1-10-5-3-4-6-12(10)20-11(2)8-16-14(19)9-17-13(18)7-15;/h3-6,11H,7-9,15H2,1-2H3,(H,16,19)(H,17,18);1H. The van der Waals surface area contributed by atoms with Gasteiger partial charge in [0.05, 0.1) is 19.6 Å². The van der Waals surface area contributed by atoms with Gasteiger partial charge >= 0.3 is 0 Å². The fraction of sp³-hybridized carbons (Fsp3) is 0.429. The Kier molecular flexibility index (Phi) is 9.16. The van der Waals surface area contributed by atoms with Gasteiger partial charge < -0.3 is 21.1 Å². The molecule has 0 aromatic heterocycles. The summed E-state index contributed by atoms with van der Waals surface area (Å²) in [5.74, 6) is 0.169. The number of carbonyl (C=O) groups excluding carboxylic acids is 2. The van der Waals surface area contributed by atoms with E-state index in [-0.39, 0.29) is 43.4 Å². The number of carbonyl (C=O) groups is 2. The minimum Gasteiger partial charge on any atom is -0.489 e. The second kappa shape index (κ2) is 10.0. The first-order valence-corrected chi connectivity index (χ1v) is 6.48. The quantitative estimate of drug-likeness (QED) is 0.678. The average molecular weight is 316 g/mol. The van der Waals surface area contributed by atoms with Gasteiger partial charge in [-0.1, -0.05) is 18.2 Å². The molecule has 0 fully saturated rings. The van der Waals surface area contributed by atoms with Gasteiger partial charge in [-0.25, -0.2) is 0 Å². The van der Waals surface area contributed by atoms with Crippen molar-refractivity contribution in [2.75, 3.05) is 19.6 Å². The molecule has 2 amide bonds. The van der Waals surface area contributed by atoms with Crippen molar-refractivity contribution in [3.63, 3.8) is 0 Å². The minimum atomic E-state index is -0.357. The molecule has 6 nitrogen and oxygen atoms in total. The molecular formula is C14H22ClN3O3. The molecule has 0 saturated carbocycles. The molecular weight excluding hydrogens is 294 g/mol. The molecule has 1 aromatic rings. The molecule has 1 rings (SSSR count). The highest BCUT2D eigenvalue weighted by atomic mass is 35.5. The Morgan fingerprint density at radius 1 is 1.24 bits per heavy atom. The molecule has 0 saturated heterocycles. The van der Waals surface area contributed by atoms with E-state index in [4.69, 9.17) is 10.5 Å². The first-order chi connectivity index (χ1) is 9.52. The first-order valence-electron chi connectivity index (χ1n) is 6.48. The zero-order valence-electron chi connectivity index (χ0n) is 12.2. The number of hydrogen-bond donors (Lipinski definition) is 3. The second-order valence-corrected chi connectivity index (χ2v) is 4.48. The lowest BCUT2D eigenvalue weighted by atomic mass is 10.2. The van der Waals surface area contributed by atoms with Crippen LogP contribution in [0.3, 0.4) is 0 Å². The Morgan fingerprint density at radius 2 is 1.90 bits per heavy atom. The third kappa shape index (κ3) is 7.53. The molecule has 0 aliphatic carbocycles. The Balaban J connectivity index is 0.00000400. The summed E-state index contributed by atoms with van der Waals surface area (Å²) in [5, 5.41) is 5.08. The minimum absolute atomic E-state index is 0. The van der Waals surface area contributed by atoms with E-state index in [0.717, 1.165) is 11.3 Å². The first kappa shape index (κ1) is 19.2. The van der Waals surface area contributed by atoms with Gasteiger partial charge in [0.15, 0.2) is 0 Å². The van der Waals surface area contributed by atoms with E-state index in [1.165, 1.54) is 0 Å². The third-order valence-corrected chi connectivity index (χ3v) is 2.64. The maximum atomic E-state index is 11.5. The van der Waals surface area contributed by atoms with Crippen molar-refractivity contribution in [3.05, 3.63) is 29.8 Å². The van der Waals surface area contributed by atoms with Crippen LogP contribution in [-0.2, 0) is 9.59 Å². The van der Waals surface area contributed by atoms with Crippen LogP contribution in [0.15, 0.2) is 24.3 Å². The zero-order valence-corrected chi connectivity index (χ0v) is 13.0. The number of amides is 2. The monoisotopic (exact) mass is 315 g/mol. The van der Waals surface area contributed by atoms with Crippen LogP contribution in [0.5, 0.6) is 5.75 Å². The van der Waals surface area contributed by atoms with Crippen LogP contribution in [0, 0.1) is 6.92 Å². The Morgan fingerprint density at radius 3 is 2.52 bits per heavy atom. The number of nitrogens with two attached hydrogens (primary N) is 1. The van der Waals surface area contributed by atoms with Gasteiger partial charge in [-0.05, 0) is 25.5 Å². The van der Waals surface area contributed by atoms with E-state index in [0.29, 0.717) is 6.54 Å². The van der Waals surface area contributed by atoms with Crippen molar-refractivity contribution in [1.82, 2.24) is 10.6 Å². The highest BCUT2D eigenvalue weighted by Crippen LogP contribution is 2.17. The van der Waals surface area contributed by atoms with Crippen molar-refractivity contribution in [3.8, 4) is 5.75 Å². The van der Waals surface area contributed by atoms with Crippen LogP contribution in [0.1, 0.15) is 12.5 Å². The summed E-state index contributed by atoms with van der Waals surface area (Å²) in [4.78, 5) is 22.4. The molecule has 0 spiro atoms. The normalized spacial score (nSPS) is 11.0. The molecule has 118 valence electrons.